The van der Waals surface area contributed by atoms with Crippen LogP contribution in [-0.2, 0) is 20.7 Å². The van der Waals surface area contributed by atoms with Crippen LogP contribution >= 0.6 is 0 Å². The number of esters is 1. The van der Waals surface area contributed by atoms with Crippen molar-refractivity contribution in [2.75, 3.05) is 25.3 Å². The number of carbonyl (C=O) groups is 2. The van der Waals surface area contributed by atoms with Crippen LogP contribution in [0.2, 0.25) is 0 Å². The van der Waals surface area contributed by atoms with Crippen molar-refractivity contribution in [3.63, 3.8) is 0 Å². The average Bonchev–Trinajstić information content (AvgIpc) is 2.77. The van der Waals surface area contributed by atoms with Gasteiger partial charge < -0.3 is 35.1 Å². The maximum atomic E-state index is 12.5. The summed E-state index contributed by atoms with van der Waals surface area (Å²) in [6, 6.07) is 9.90. The molecule has 0 fully saturated rings. The number of carboxylic acids is 1. The molecule has 0 aliphatic heterocycles. The molecule has 0 aliphatic rings. The highest BCUT2D eigenvalue weighted by Gasteiger charge is 2.31. The lowest BCUT2D eigenvalue weighted by molar-refractivity contribution is -0.152. The molecule has 0 atom stereocenters. The Balaban J connectivity index is 2.16. The number of hydrogen-bond donors (Lipinski definition) is 4. The van der Waals surface area contributed by atoms with Crippen molar-refractivity contribution in [2.24, 2.45) is 5.73 Å². The highest BCUT2D eigenvalue weighted by atomic mass is 16.5. The predicted molar refractivity (Wildman–Crippen MR) is 127 cm³/mol. The summed E-state index contributed by atoms with van der Waals surface area (Å²) in [6.45, 7) is 7.09. The van der Waals surface area contributed by atoms with Gasteiger partial charge in [-0.15, -0.1) is 0 Å². The average molecular weight is 474 g/mol. The number of carboxylic acid groups (broad SMARTS) is 1. The molecule has 0 bridgehead atoms. The normalized spacial score (nSPS) is 10.8. The van der Waals surface area contributed by atoms with Crippen LogP contribution < -0.4 is 25.3 Å². The van der Waals surface area contributed by atoms with Crippen molar-refractivity contribution in [3.8, 4) is 17.2 Å². The summed E-state index contributed by atoms with van der Waals surface area (Å²) in [5.74, 6) is -0.775. The van der Waals surface area contributed by atoms with Crippen LogP contribution in [0.15, 0.2) is 36.4 Å². The zero-order valence-corrected chi connectivity index (χ0v) is 19.8. The summed E-state index contributed by atoms with van der Waals surface area (Å²) < 4.78 is 22.2. The molecular weight excluding hydrogens is 442 g/mol. The molecule has 0 amide bonds. The van der Waals surface area contributed by atoms with Gasteiger partial charge in [0.15, 0.2) is 23.8 Å². The maximum Gasteiger partial charge on any atom is 0.347 e. The van der Waals surface area contributed by atoms with E-state index < -0.39 is 17.5 Å². The number of carbonyl (C=O) groups excluding carboxylic acids is 1. The van der Waals surface area contributed by atoms with Crippen LogP contribution in [0.3, 0.4) is 0 Å². The summed E-state index contributed by atoms with van der Waals surface area (Å²) in [6.07, 6.45) is -0.178. The summed E-state index contributed by atoms with van der Waals surface area (Å²) in [7, 11) is 0. The summed E-state index contributed by atoms with van der Waals surface area (Å²) in [5.41, 5.74) is 5.56. The van der Waals surface area contributed by atoms with Gasteiger partial charge in [-0.1, -0.05) is 0 Å². The molecule has 34 heavy (non-hydrogen) atoms. The molecule has 0 aromatic heterocycles. The van der Waals surface area contributed by atoms with E-state index in [0.717, 1.165) is 0 Å². The standard InChI is InChI=1S/C24H31N3O7/c1-5-31-19-11-16(18(13-20(19)32-6-2)34-24(3,4)23(29)30)12-21(28)33-14-27-17-9-7-15(8-10-17)22(25)26/h7-11,13,27H,5-6,12,14H2,1-4H3,(H3,25,26)(H,29,30). The van der Waals surface area contributed by atoms with Crippen LogP contribution in [0.5, 0.6) is 17.2 Å². The van der Waals surface area contributed by atoms with Crippen molar-refractivity contribution < 1.29 is 33.6 Å². The smallest absolute Gasteiger partial charge is 0.347 e. The molecule has 0 unspecified atom stereocenters. The molecule has 0 heterocycles. The maximum absolute atomic E-state index is 12.5. The van der Waals surface area contributed by atoms with Gasteiger partial charge in [-0.05, 0) is 58.0 Å². The van der Waals surface area contributed by atoms with Gasteiger partial charge in [-0.3, -0.25) is 10.2 Å². The number of benzene rings is 2. The summed E-state index contributed by atoms with van der Waals surface area (Å²) >= 11 is 0. The van der Waals surface area contributed by atoms with Crippen LogP contribution in [0.4, 0.5) is 5.69 Å². The van der Waals surface area contributed by atoms with E-state index in [2.05, 4.69) is 5.32 Å². The highest BCUT2D eigenvalue weighted by molar-refractivity contribution is 5.95. The van der Waals surface area contributed by atoms with Gasteiger partial charge in [0, 0.05) is 22.9 Å². The van der Waals surface area contributed by atoms with Gasteiger partial charge in [0.05, 0.1) is 19.6 Å². The first-order valence-corrected chi connectivity index (χ1v) is 10.8. The lowest BCUT2D eigenvalue weighted by atomic mass is 10.1. The minimum Gasteiger partial charge on any atom is -0.490 e. The van der Waals surface area contributed by atoms with Crippen LogP contribution in [0.25, 0.3) is 0 Å². The summed E-state index contributed by atoms with van der Waals surface area (Å²) in [4.78, 5) is 24.1. The molecule has 0 saturated carbocycles. The molecule has 2 rings (SSSR count). The Morgan fingerprint density at radius 3 is 2.15 bits per heavy atom. The lowest BCUT2D eigenvalue weighted by Gasteiger charge is -2.24. The monoisotopic (exact) mass is 473 g/mol. The minimum absolute atomic E-state index is 0.0381. The second-order valence-electron chi connectivity index (χ2n) is 7.70. The third-order valence-electron chi connectivity index (χ3n) is 4.65. The fourth-order valence-corrected chi connectivity index (χ4v) is 2.85. The van der Waals surface area contributed by atoms with Crippen molar-refractivity contribution >= 4 is 23.5 Å². The van der Waals surface area contributed by atoms with Crippen molar-refractivity contribution in [2.45, 2.75) is 39.7 Å². The number of anilines is 1. The van der Waals surface area contributed by atoms with E-state index in [1.54, 1.807) is 30.3 Å². The lowest BCUT2D eigenvalue weighted by Crippen LogP contribution is -2.38. The number of nitrogens with two attached hydrogens (primary N) is 1. The van der Waals surface area contributed by atoms with E-state index in [0.29, 0.717) is 41.5 Å². The summed E-state index contributed by atoms with van der Waals surface area (Å²) in [5, 5.41) is 19.8. The molecular formula is C24H31N3O7. The largest absolute Gasteiger partial charge is 0.490 e. The second-order valence-corrected chi connectivity index (χ2v) is 7.70. The number of nitrogen functional groups attached to an aromatic ring is 1. The molecule has 10 heteroatoms. The van der Waals surface area contributed by atoms with Gasteiger partial charge in [0.1, 0.15) is 11.6 Å². The van der Waals surface area contributed by atoms with Gasteiger partial charge in [0.2, 0.25) is 0 Å². The number of ether oxygens (including phenoxy) is 4. The van der Waals surface area contributed by atoms with Gasteiger partial charge in [-0.2, -0.15) is 0 Å². The second kappa shape index (κ2) is 11.8. The zero-order valence-electron chi connectivity index (χ0n) is 19.8. The molecule has 0 radical (unpaired) electrons. The highest BCUT2D eigenvalue weighted by Crippen LogP contribution is 2.37. The SMILES string of the molecule is CCOc1cc(CC(=O)OCNc2ccc(C(=N)N)cc2)c(OC(C)(C)C(=O)O)cc1OCC. The van der Waals surface area contributed by atoms with E-state index in [-0.39, 0.29) is 24.7 Å². The van der Waals surface area contributed by atoms with Crippen LogP contribution in [0, 0.1) is 5.41 Å². The number of hydrogen-bond acceptors (Lipinski definition) is 8. The van der Waals surface area contributed by atoms with E-state index in [4.69, 9.17) is 30.1 Å². The van der Waals surface area contributed by atoms with Gasteiger partial charge >= 0.3 is 11.9 Å². The first-order chi connectivity index (χ1) is 16.1. The van der Waals surface area contributed by atoms with E-state index in [1.807, 2.05) is 13.8 Å². The topological polar surface area (TPSA) is 153 Å². The Labute approximate surface area is 198 Å². The molecule has 2 aromatic carbocycles. The van der Waals surface area contributed by atoms with E-state index in [9.17, 15) is 14.7 Å². The predicted octanol–water partition coefficient (Wildman–Crippen LogP) is 3.17. The number of nitrogens with one attached hydrogen (secondary N) is 2. The molecule has 0 saturated heterocycles. The zero-order chi connectivity index (χ0) is 25.3. The van der Waals surface area contributed by atoms with Gasteiger partial charge in [-0.25, -0.2) is 4.79 Å². The minimum atomic E-state index is -1.54. The number of amidine groups is 1. The molecule has 5 N–H and O–H groups in total. The Kier molecular flexibility index (Phi) is 9.11. The van der Waals surface area contributed by atoms with Crippen molar-refractivity contribution in [1.29, 1.82) is 5.41 Å². The fourth-order valence-electron chi connectivity index (χ4n) is 2.85. The molecule has 10 nitrogen and oxygen atoms in total. The third kappa shape index (κ3) is 7.29. The first-order valence-electron chi connectivity index (χ1n) is 10.8. The first kappa shape index (κ1) is 26.3. The molecule has 0 spiro atoms. The van der Waals surface area contributed by atoms with E-state index >= 15 is 0 Å². The Hall–Kier alpha value is -3.95. The Morgan fingerprint density at radius 1 is 1.03 bits per heavy atom. The molecule has 0 aliphatic carbocycles. The fraction of sp³-hybridized carbons (Fsp3) is 0.375. The van der Waals surface area contributed by atoms with Gasteiger partial charge in [0.25, 0.3) is 0 Å². The van der Waals surface area contributed by atoms with Crippen molar-refractivity contribution in [3.05, 3.63) is 47.5 Å². The quantitative estimate of drug-likeness (QED) is 0.149. The third-order valence-corrected chi connectivity index (χ3v) is 4.65. The van der Waals surface area contributed by atoms with E-state index in [1.165, 1.54) is 19.9 Å². The Morgan fingerprint density at radius 2 is 1.62 bits per heavy atom. The van der Waals surface area contributed by atoms with Crippen molar-refractivity contribution in [1.82, 2.24) is 0 Å². The number of rotatable bonds is 13. The molecule has 2 aromatic rings. The number of aliphatic carboxylic acids is 1. The van der Waals surface area contributed by atoms with Crippen LogP contribution in [-0.4, -0.2) is 48.4 Å². The molecule has 184 valence electrons. The Bertz CT molecular complexity index is 1020. The van der Waals surface area contributed by atoms with Crippen LogP contribution in [0.1, 0.15) is 38.8 Å².